The highest BCUT2D eigenvalue weighted by molar-refractivity contribution is 5.98. The summed E-state index contributed by atoms with van der Waals surface area (Å²) in [5, 5.41) is 23.5. The first-order valence-corrected chi connectivity index (χ1v) is 14.2. The summed E-state index contributed by atoms with van der Waals surface area (Å²) in [5.41, 5.74) is 9.85. The first kappa shape index (κ1) is 30.2. The largest absolute Gasteiger partial charge is 0.382 e. The van der Waals surface area contributed by atoms with Crippen molar-refractivity contribution >= 4 is 22.9 Å². The third kappa shape index (κ3) is 8.06. The summed E-state index contributed by atoms with van der Waals surface area (Å²) in [4.78, 5) is 7.10. The number of benzene rings is 1. The van der Waals surface area contributed by atoms with Crippen LogP contribution in [-0.2, 0) is 6.54 Å². The van der Waals surface area contributed by atoms with E-state index in [-0.39, 0.29) is 6.04 Å². The molecule has 39 heavy (non-hydrogen) atoms. The zero-order chi connectivity index (χ0) is 28.4. The maximum absolute atomic E-state index is 6.13. The van der Waals surface area contributed by atoms with E-state index in [4.69, 9.17) is 5.73 Å². The maximum Gasteiger partial charge on any atom is 0.158 e. The first-order valence-electron chi connectivity index (χ1n) is 14.2. The fraction of sp³-hybridized carbons (Fsp3) is 0.552. The van der Waals surface area contributed by atoms with E-state index in [1.54, 1.807) is 6.33 Å². The number of amidine groups is 1. The SMILES string of the molecule is CC.CCCC1CC(NCc2ccn3ncnc(Nc4cccc(/C(N)=N/N=NC(C)C)c4)c23)CC(C)N1C. The lowest BCUT2D eigenvalue weighted by atomic mass is 9.90. The zero-order valence-electron chi connectivity index (χ0n) is 24.6. The van der Waals surface area contributed by atoms with E-state index in [0.29, 0.717) is 24.0 Å². The van der Waals surface area contributed by atoms with Crippen LogP contribution in [0.1, 0.15) is 78.4 Å². The molecule has 1 saturated heterocycles. The van der Waals surface area contributed by atoms with Crippen LogP contribution in [0.5, 0.6) is 0 Å². The predicted molar refractivity (Wildman–Crippen MR) is 161 cm³/mol. The van der Waals surface area contributed by atoms with Crippen LogP contribution in [0.15, 0.2) is 58.3 Å². The average Bonchev–Trinajstić information content (AvgIpc) is 3.35. The van der Waals surface area contributed by atoms with Crippen molar-refractivity contribution in [2.75, 3.05) is 12.4 Å². The summed E-state index contributed by atoms with van der Waals surface area (Å²) < 4.78 is 1.87. The van der Waals surface area contributed by atoms with Gasteiger partial charge in [-0.1, -0.05) is 39.3 Å². The fourth-order valence-corrected chi connectivity index (χ4v) is 4.98. The van der Waals surface area contributed by atoms with Crippen LogP contribution in [0.25, 0.3) is 5.52 Å². The molecule has 3 heterocycles. The number of hydrogen-bond acceptors (Lipinski definition) is 7. The topological polar surface area (TPSA) is 121 Å². The molecule has 212 valence electrons. The summed E-state index contributed by atoms with van der Waals surface area (Å²) >= 11 is 0. The molecular weight excluding hydrogens is 488 g/mol. The number of nitrogens with one attached hydrogen (secondary N) is 2. The molecule has 0 radical (unpaired) electrons. The van der Waals surface area contributed by atoms with E-state index < -0.39 is 0 Å². The van der Waals surface area contributed by atoms with Gasteiger partial charge in [0.05, 0.1) is 6.04 Å². The number of aromatic nitrogens is 3. The van der Waals surface area contributed by atoms with Crippen molar-refractivity contribution in [3.8, 4) is 0 Å². The van der Waals surface area contributed by atoms with Gasteiger partial charge in [0.15, 0.2) is 11.7 Å². The van der Waals surface area contributed by atoms with Gasteiger partial charge in [0.2, 0.25) is 0 Å². The predicted octanol–water partition coefficient (Wildman–Crippen LogP) is 5.72. The molecule has 10 heteroatoms. The normalized spacial score (nSPS) is 20.4. The second-order valence-corrected chi connectivity index (χ2v) is 10.2. The Labute approximate surface area is 233 Å². The molecule has 0 aliphatic carbocycles. The van der Waals surface area contributed by atoms with Gasteiger partial charge in [0, 0.05) is 42.1 Å². The molecule has 4 N–H and O–H groups in total. The van der Waals surface area contributed by atoms with Gasteiger partial charge in [-0.15, -0.1) is 5.10 Å². The number of nitrogens with two attached hydrogens (primary N) is 1. The molecule has 1 aliphatic heterocycles. The van der Waals surface area contributed by atoms with Crippen molar-refractivity contribution in [2.24, 2.45) is 21.2 Å². The summed E-state index contributed by atoms with van der Waals surface area (Å²) in [6, 6.07) is 11.6. The van der Waals surface area contributed by atoms with Gasteiger partial charge >= 0.3 is 0 Å². The molecule has 1 aromatic carbocycles. The molecule has 0 amide bonds. The Hall–Kier alpha value is -3.37. The molecule has 1 aliphatic rings. The standard InChI is InChI=1S/C27H40N10.C2H6/c1-6-8-24-15-23(13-19(4)36(24)5)29-16-21-11-12-37-25(21)27(30-17-31-37)32-22-10-7-9-20(14-22)26(28)34-35-33-18(2)3;1-2/h7,9-12,14,17-19,23-24,29H,6,8,13,15-16H2,1-5H3,(H2,28,33,34)(H,30,31,32);1-2H3. The van der Waals surface area contributed by atoms with Crippen LogP contribution < -0.4 is 16.4 Å². The molecule has 3 unspecified atom stereocenters. The van der Waals surface area contributed by atoms with Crippen LogP contribution in [0.4, 0.5) is 11.5 Å². The van der Waals surface area contributed by atoms with Crippen LogP contribution >= 0.6 is 0 Å². The van der Waals surface area contributed by atoms with Crippen molar-refractivity contribution in [3.05, 3.63) is 54.0 Å². The number of nitrogens with zero attached hydrogens (tertiary/aromatic N) is 7. The number of rotatable bonds is 10. The van der Waals surface area contributed by atoms with Gasteiger partial charge in [-0.05, 0) is 76.1 Å². The lowest BCUT2D eigenvalue weighted by Crippen LogP contribution is -2.51. The zero-order valence-corrected chi connectivity index (χ0v) is 24.6. The molecule has 0 saturated carbocycles. The highest BCUT2D eigenvalue weighted by atomic mass is 15.4. The number of fused-ring (bicyclic) bond motifs is 1. The van der Waals surface area contributed by atoms with E-state index in [1.165, 1.54) is 19.3 Å². The van der Waals surface area contributed by atoms with E-state index in [9.17, 15) is 0 Å². The van der Waals surface area contributed by atoms with Gasteiger partial charge in [-0.2, -0.15) is 10.2 Å². The summed E-state index contributed by atoms with van der Waals surface area (Å²) in [6.07, 6.45) is 8.32. The Morgan fingerprint density at radius 1 is 1.21 bits per heavy atom. The first-order chi connectivity index (χ1) is 18.9. The van der Waals surface area contributed by atoms with Gasteiger partial charge in [-0.3, -0.25) is 0 Å². The average molecular weight is 535 g/mol. The number of piperidine rings is 1. The van der Waals surface area contributed by atoms with Gasteiger partial charge < -0.3 is 21.3 Å². The van der Waals surface area contributed by atoms with E-state index in [0.717, 1.165) is 41.1 Å². The Bertz CT molecular complexity index is 1230. The highest BCUT2D eigenvalue weighted by Gasteiger charge is 2.30. The Balaban J connectivity index is 0.00000205. The monoisotopic (exact) mass is 534 g/mol. The fourth-order valence-electron chi connectivity index (χ4n) is 4.98. The molecule has 3 atom stereocenters. The summed E-state index contributed by atoms with van der Waals surface area (Å²) in [5.74, 6) is 1.05. The van der Waals surface area contributed by atoms with Crippen LogP contribution in [0.2, 0.25) is 0 Å². The van der Waals surface area contributed by atoms with E-state index >= 15 is 0 Å². The summed E-state index contributed by atoms with van der Waals surface area (Å²) in [7, 11) is 2.27. The molecule has 10 nitrogen and oxygen atoms in total. The second-order valence-electron chi connectivity index (χ2n) is 10.2. The van der Waals surface area contributed by atoms with Crippen molar-refractivity contribution in [1.82, 2.24) is 24.8 Å². The third-order valence-electron chi connectivity index (χ3n) is 7.05. The maximum atomic E-state index is 6.13. The van der Waals surface area contributed by atoms with Crippen molar-refractivity contribution in [3.63, 3.8) is 0 Å². The molecule has 3 aromatic rings. The Kier molecular flexibility index (Phi) is 11.4. The minimum atomic E-state index is 0.0658. The van der Waals surface area contributed by atoms with Crippen molar-refractivity contribution < 1.29 is 0 Å². The smallest absolute Gasteiger partial charge is 0.158 e. The molecule has 0 spiro atoms. The quantitative estimate of drug-likeness (QED) is 0.132. The second kappa shape index (κ2) is 14.7. The number of likely N-dealkylation sites (tertiary alicyclic amines) is 1. The Morgan fingerprint density at radius 3 is 2.74 bits per heavy atom. The lowest BCUT2D eigenvalue weighted by Gasteiger charge is -2.42. The van der Waals surface area contributed by atoms with Gasteiger partial charge in [-0.25, -0.2) is 9.50 Å². The summed E-state index contributed by atoms with van der Waals surface area (Å²) in [6.45, 7) is 13.2. The van der Waals surface area contributed by atoms with Crippen molar-refractivity contribution in [1.29, 1.82) is 0 Å². The molecule has 1 fully saturated rings. The van der Waals surface area contributed by atoms with Crippen molar-refractivity contribution in [2.45, 2.75) is 97.9 Å². The molecule has 0 bridgehead atoms. The van der Waals surface area contributed by atoms with E-state index in [2.05, 4.69) is 68.0 Å². The highest BCUT2D eigenvalue weighted by Crippen LogP contribution is 2.27. The lowest BCUT2D eigenvalue weighted by molar-refractivity contribution is 0.0946. The minimum absolute atomic E-state index is 0.0658. The van der Waals surface area contributed by atoms with Gasteiger partial charge in [0.1, 0.15) is 11.8 Å². The minimum Gasteiger partial charge on any atom is -0.382 e. The Morgan fingerprint density at radius 2 is 2.00 bits per heavy atom. The number of anilines is 2. The molecule has 2 aromatic heterocycles. The molecule has 4 rings (SSSR count). The van der Waals surface area contributed by atoms with Crippen LogP contribution in [0, 0.1) is 0 Å². The third-order valence-corrected chi connectivity index (χ3v) is 7.05. The number of hydrogen-bond donors (Lipinski definition) is 3. The van der Waals surface area contributed by atoms with Gasteiger partial charge in [0.25, 0.3) is 0 Å². The van der Waals surface area contributed by atoms with E-state index in [1.807, 2.05) is 62.7 Å². The van der Waals surface area contributed by atoms with Crippen LogP contribution in [0.3, 0.4) is 0 Å². The molecular formula is C29H46N10. The van der Waals surface area contributed by atoms with Crippen LogP contribution in [-0.4, -0.2) is 56.5 Å².